The standard InChI is InChI=1S/C20H30O6/c1-17-11-5-7-13-19(17,25-17)23-15(21)9-3-4-10-16(22)24-20-14-8-6-12-18(20,2)26-20/h3-14H2,1-2H3. The number of unbranched alkanes of at least 4 members (excludes halogenated alkanes) is 1. The highest BCUT2D eigenvalue weighted by Gasteiger charge is 2.71. The maximum atomic E-state index is 12.1. The predicted octanol–water partition coefficient (Wildman–Crippen LogP) is 3.75. The molecule has 4 atom stereocenters. The normalized spacial score (nSPS) is 43.0. The molecule has 2 aliphatic heterocycles. The van der Waals surface area contributed by atoms with E-state index in [9.17, 15) is 9.59 Å². The maximum Gasteiger partial charge on any atom is 0.308 e. The second-order valence-electron chi connectivity index (χ2n) is 8.74. The molecule has 4 rings (SSSR count). The number of carbonyl (C=O) groups excluding carboxylic acids is 2. The first-order valence-electron chi connectivity index (χ1n) is 10.2. The minimum Gasteiger partial charge on any atom is -0.430 e. The zero-order valence-electron chi connectivity index (χ0n) is 15.9. The monoisotopic (exact) mass is 366 g/mol. The Morgan fingerprint density at radius 2 is 1.12 bits per heavy atom. The van der Waals surface area contributed by atoms with Crippen molar-refractivity contribution in [2.45, 2.75) is 114 Å². The van der Waals surface area contributed by atoms with Gasteiger partial charge in [-0.2, -0.15) is 0 Å². The van der Waals surface area contributed by atoms with Crippen molar-refractivity contribution in [2.75, 3.05) is 0 Å². The van der Waals surface area contributed by atoms with Crippen molar-refractivity contribution in [3.05, 3.63) is 0 Å². The van der Waals surface area contributed by atoms with Crippen LogP contribution in [0.4, 0.5) is 0 Å². The Morgan fingerprint density at radius 3 is 1.50 bits per heavy atom. The van der Waals surface area contributed by atoms with E-state index in [1.165, 1.54) is 0 Å². The first-order valence-corrected chi connectivity index (χ1v) is 10.2. The van der Waals surface area contributed by atoms with Crippen LogP contribution in [-0.4, -0.2) is 34.7 Å². The summed E-state index contributed by atoms with van der Waals surface area (Å²) in [5.74, 6) is -1.80. The van der Waals surface area contributed by atoms with Gasteiger partial charge in [0.05, 0.1) is 0 Å². The quantitative estimate of drug-likeness (QED) is 0.388. The van der Waals surface area contributed by atoms with Gasteiger partial charge in [0, 0.05) is 25.7 Å². The third-order valence-corrected chi connectivity index (χ3v) is 6.70. The van der Waals surface area contributed by atoms with Crippen LogP contribution in [0.2, 0.25) is 0 Å². The fraction of sp³-hybridized carbons (Fsp3) is 0.900. The zero-order valence-corrected chi connectivity index (χ0v) is 15.9. The summed E-state index contributed by atoms with van der Waals surface area (Å²) in [5.41, 5.74) is -0.554. The molecule has 6 nitrogen and oxygen atoms in total. The molecule has 2 saturated carbocycles. The van der Waals surface area contributed by atoms with Crippen LogP contribution in [0.15, 0.2) is 0 Å². The molecule has 0 N–H and O–H groups in total. The lowest BCUT2D eigenvalue weighted by Gasteiger charge is -2.22. The lowest BCUT2D eigenvalue weighted by Crippen LogP contribution is -2.32. The second-order valence-corrected chi connectivity index (χ2v) is 8.74. The summed E-state index contributed by atoms with van der Waals surface area (Å²) < 4.78 is 22.7. The van der Waals surface area contributed by atoms with Crippen molar-refractivity contribution in [3.63, 3.8) is 0 Å². The Labute approximate surface area is 154 Å². The van der Waals surface area contributed by atoms with Crippen LogP contribution in [0.3, 0.4) is 0 Å². The number of hydrogen-bond donors (Lipinski definition) is 0. The summed E-state index contributed by atoms with van der Waals surface area (Å²) in [4.78, 5) is 24.2. The topological polar surface area (TPSA) is 77.7 Å². The van der Waals surface area contributed by atoms with E-state index in [1.54, 1.807) is 0 Å². The molecule has 0 amide bonds. The maximum absolute atomic E-state index is 12.1. The highest BCUT2D eigenvalue weighted by atomic mass is 16.8. The van der Waals surface area contributed by atoms with Crippen molar-refractivity contribution in [3.8, 4) is 0 Å². The summed E-state index contributed by atoms with van der Waals surface area (Å²) in [6.07, 6.45) is 9.69. The average molecular weight is 366 g/mol. The molecule has 6 heteroatoms. The lowest BCUT2D eigenvalue weighted by molar-refractivity contribution is -0.163. The number of fused-ring (bicyclic) bond motifs is 2. The van der Waals surface area contributed by atoms with Gasteiger partial charge in [-0.05, 0) is 52.4 Å². The van der Waals surface area contributed by atoms with Gasteiger partial charge in [-0.25, -0.2) is 0 Å². The minimum atomic E-state index is -0.671. The zero-order chi connectivity index (χ0) is 18.5. The molecule has 4 aliphatic rings. The van der Waals surface area contributed by atoms with Crippen LogP contribution in [0.1, 0.15) is 90.9 Å². The predicted molar refractivity (Wildman–Crippen MR) is 92.0 cm³/mol. The van der Waals surface area contributed by atoms with Crippen LogP contribution in [-0.2, 0) is 28.5 Å². The van der Waals surface area contributed by atoms with E-state index in [0.29, 0.717) is 25.7 Å². The Hall–Kier alpha value is -1.14. The van der Waals surface area contributed by atoms with Gasteiger partial charge >= 0.3 is 11.9 Å². The van der Waals surface area contributed by atoms with Crippen molar-refractivity contribution in [2.24, 2.45) is 0 Å². The highest BCUT2D eigenvalue weighted by molar-refractivity contribution is 5.71. The van der Waals surface area contributed by atoms with Gasteiger partial charge in [0.25, 0.3) is 0 Å². The van der Waals surface area contributed by atoms with E-state index in [4.69, 9.17) is 18.9 Å². The first kappa shape index (κ1) is 18.2. The summed E-state index contributed by atoms with van der Waals surface area (Å²) in [6.45, 7) is 4.04. The van der Waals surface area contributed by atoms with E-state index in [2.05, 4.69) is 0 Å². The Bertz CT molecular complexity index is 545. The molecule has 2 saturated heterocycles. The van der Waals surface area contributed by atoms with E-state index in [1.807, 2.05) is 13.8 Å². The molecule has 146 valence electrons. The molecule has 0 aromatic carbocycles. The molecular weight excluding hydrogens is 336 g/mol. The minimum absolute atomic E-state index is 0.229. The molecule has 0 aromatic rings. The van der Waals surface area contributed by atoms with Crippen LogP contribution in [0.5, 0.6) is 0 Å². The molecule has 2 aliphatic carbocycles. The van der Waals surface area contributed by atoms with Gasteiger partial charge in [-0.15, -0.1) is 0 Å². The summed E-state index contributed by atoms with van der Waals surface area (Å²) in [6, 6.07) is 0. The van der Waals surface area contributed by atoms with Crippen LogP contribution >= 0.6 is 0 Å². The number of epoxide rings is 2. The van der Waals surface area contributed by atoms with Gasteiger partial charge in [0.15, 0.2) is 0 Å². The average Bonchev–Trinajstić information content (AvgIpc) is 3.40. The fourth-order valence-electron chi connectivity index (χ4n) is 4.80. The largest absolute Gasteiger partial charge is 0.430 e. The lowest BCUT2D eigenvalue weighted by atomic mass is 9.88. The van der Waals surface area contributed by atoms with E-state index < -0.39 is 11.6 Å². The molecule has 0 aromatic heterocycles. The van der Waals surface area contributed by atoms with Gasteiger partial charge in [-0.1, -0.05) is 12.8 Å². The Kier molecular flexibility index (Phi) is 4.35. The summed E-state index contributed by atoms with van der Waals surface area (Å²) >= 11 is 0. The molecule has 0 spiro atoms. The van der Waals surface area contributed by atoms with E-state index in [0.717, 1.165) is 51.4 Å². The molecule has 4 unspecified atom stereocenters. The number of carbonyl (C=O) groups is 2. The highest BCUT2D eigenvalue weighted by Crippen LogP contribution is 2.59. The van der Waals surface area contributed by atoms with Gasteiger partial charge in [0.2, 0.25) is 11.6 Å². The third-order valence-electron chi connectivity index (χ3n) is 6.70. The third kappa shape index (κ3) is 3.05. The molecule has 0 bridgehead atoms. The van der Waals surface area contributed by atoms with Crippen molar-refractivity contribution < 1.29 is 28.5 Å². The van der Waals surface area contributed by atoms with E-state index in [-0.39, 0.29) is 23.1 Å². The van der Waals surface area contributed by atoms with Crippen molar-refractivity contribution in [1.82, 2.24) is 0 Å². The molecular formula is C20H30O6. The van der Waals surface area contributed by atoms with Crippen molar-refractivity contribution >= 4 is 11.9 Å². The second kappa shape index (κ2) is 6.20. The fourth-order valence-corrected chi connectivity index (χ4v) is 4.80. The van der Waals surface area contributed by atoms with Gasteiger partial charge < -0.3 is 18.9 Å². The van der Waals surface area contributed by atoms with Crippen LogP contribution in [0.25, 0.3) is 0 Å². The van der Waals surface area contributed by atoms with Crippen LogP contribution < -0.4 is 0 Å². The first-order chi connectivity index (χ1) is 12.3. The van der Waals surface area contributed by atoms with Crippen LogP contribution in [0, 0.1) is 0 Å². The number of ether oxygens (including phenoxy) is 4. The van der Waals surface area contributed by atoms with Gasteiger partial charge in [0.1, 0.15) is 11.2 Å². The summed E-state index contributed by atoms with van der Waals surface area (Å²) in [5, 5.41) is 0. The summed E-state index contributed by atoms with van der Waals surface area (Å²) in [7, 11) is 0. The number of rotatable bonds is 7. The number of esters is 2. The molecule has 4 fully saturated rings. The molecule has 2 heterocycles. The SMILES string of the molecule is CC12CCCCC1(OC(=O)CCCCC(=O)OC13CCCCC1(C)O3)O2. The molecule has 0 radical (unpaired) electrons. The Morgan fingerprint density at radius 1 is 0.731 bits per heavy atom. The van der Waals surface area contributed by atoms with Gasteiger partial charge in [-0.3, -0.25) is 9.59 Å². The smallest absolute Gasteiger partial charge is 0.308 e. The van der Waals surface area contributed by atoms with Crippen molar-refractivity contribution in [1.29, 1.82) is 0 Å². The van der Waals surface area contributed by atoms with E-state index >= 15 is 0 Å². The molecule has 26 heavy (non-hydrogen) atoms. The Balaban J connectivity index is 1.14. The number of hydrogen-bond acceptors (Lipinski definition) is 6.